The third-order valence-corrected chi connectivity index (χ3v) is 5.66. The third kappa shape index (κ3) is 6.80. The lowest BCUT2D eigenvalue weighted by atomic mass is 9.98. The van der Waals surface area contributed by atoms with Crippen molar-refractivity contribution in [1.82, 2.24) is 9.62 Å². The quantitative estimate of drug-likeness (QED) is 0.851. The number of rotatable bonds is 5. The van der Waals surface area contributed by atoms with Crippen LogP contribution in [0.5, 0.6) is 0 Å². The first-order valence-corrected chi connectivity index (χ1v) is 10.4. The number of hydrogen-bond acceptors (Lipinski definition) is 4. The Labute approximate surface area is 156 Å². The van der Waals surface area contributed by atoms with E-state index >= 15 is 0 Å². The molecule has 1 aliphatic rings. The van der Waals surface area contributed by atoms with E-state index in [0.29, 0.717) is 32.5 Å². The zero-order valence-electron chi connectivity index (χ0n) is 15.6. The number of ether oxygens (including phenoxy) is 1. The van der Waals surface area contributed by atoms with Gasteiger partial charge in [0.15, 0.2) is 0 Å². The number of alkyl carbamates (subject to hydrolysis) is 1. The Balaban J connectivity index is 1.80. The number of nitrogens with one attached hydrogen (secondary N) is 1. The summed E-state index contributed by atoms with van der Waals surface area (Å²) in [6.45, 7) is 6.88. The van der Waals surface area contributed by atoms with E-state index in [-0.39, 0.29) is 5.92 Å². The molecule has 144 valence electrons. The zero-order chi connectivity index (χ0) is 19.2. The van der Waals surface area contributed by atoms with E-state index in [1.54, 1.807) is 6.08 Å². The molecule has 0 radical (unpaired) electrons. The number of benzene rings is 1. The Morgan fingerprint density at radius 1 is 1.23 bits per heavy atom. The number of amides is 1. The zero-order valence-corrected chi connectivity index (χ0v) is 16.5. The Morgan fingerprint density at radius 2 is 1.85 bits per heavy atom. The van der Waals surface area contributed by atoms with Crippen LogP contribution in [0.25, 0.3) is 6.08 Å². The number of sulfonamides is 1. The average Bonchev–Trinajstić information content (AvgIpc) is 2.58. The van der Waals surface area contributed by atoms with Crippen molar-refractivity contribution in [1.29, 1.82) is 0 Å². The molecule has 1 amide bonds. The summed E-state index contributed by atoms with van der Waals surface area (Å²) >= 11 is 0. The van der Waals surface area contributed by atoms with Crippen molar-refractivity contribution in [2.45, 2.75) is 39.2 Å². The van der Waals surface area contributed by atoms with Crippen molar-refractivity contribution >= 4 is 22.2 Å². The van der Waals surface area contributed by atoms with Crippen molar-refractivity contribution in [2.75, 3.05) is 19.6 Å². The molecule has 1 aromatic carbocycles. The predicted octanol–water partition coefficient (Wildman–Crippen LogP) is 3.22. The molecule has 26 heavy (non-hydrogen) atoms. The molecular formula is C19H28N2O4S. The van der Waals surface area contributed by atoms with Crippen LogP contribution in [0.2, 0.25) is 0 Å². The molecule has 6 nitrogen and oxygen atoms in total. The maximum Gasteiger partial charge on any atom is 0.407 e. The minimum absolute atomic E-state index is 0.257. The second kappa shape index (κ2) is 8.68. The van der Waals surface area contributed by atoms with Gasteiger partial charge in [-0.25, -0.2) is 13.2 Å². The summed E-state index contributed by atoms with van der Waals surface area (Å²) < 4.78 is 31.6. The van der Waals surface area contributed by atoms with Crippen molar-refractivity contribution in [2.24, 2.45) is 5.92 Å². The molecule has 1 saturated heterocycles. The average molecular weight is 381 g/mol. The fraction of sp³-hybridized carbons (Fsp3) is 0.526. The summed E-state index contributed by atoms with van der Waals surface area (Å²) in [6.07, 6.45) is 2.62. The van der Waals surface area contributed by atoms with Gasteiger partial charge in [0.05, 0.1) is 0 Å². The molecule has 1 N–H and O–H groups in total. The van der Waals surface area contributed by atoms with Gasteiger partial charge in [0.1, 0.15) is 5.60 Å². The predicted molar refractivity (Wildman–Crippen MR) is 103 cm³/mol. The van der Waals surface area contributed by atoms with Crippen molar-refractivity contribution in [3.05, 3.63) is 41.3 Å². The van der Waals surface area contributed by atoms with E-state index in [2.05, 4.69) is 5.32 Å². The van der Waals surface area contributed by atoms with Crippen LogP contribution in [-0.4, -0.2) is 44.1 Å². The van der Waals surface area contributed by atoms with Gasteiger partial charge in [-0.3, -0.25) is 0 Å². The summed E-state index contributed by atoms with van der Waals surface area (Å²) in [4.78, 5) is 11.7. The van der Waals surface area contributed by atoms with Gasteiger partial charge >= 0.3 is 6.09 Å². The second-order valence-corrected chi connectivity index (χ2v) is 9.30. The van der Waals surface area contributed by atoms with E-state index in [4.69, 9.17) is 4.74 Å². The minimum Gasteiger partial charge on any atom is -0.444 e. The highest BCUT2D eigenvalue weighted by Crippen LogP contribution is 2.20. The fourth-order valence-electron chi connectivity index (χ4n) is 2.72. The number of carbonyl (C=O) groups excluding carboxylic acids is 1. The Bertz CT molecular complexity index is 716. The van der Waals surface area contributed by atoms with Crippen LogP contribution in [0.3, 0.4) is 0 Å². The highest BCUT2D eigenvalue weighted by molar-refractivity contribution is 7.92. The molecule has 1 heterocycles. The van der Waals surface area contributed by atoms with Gasteiger partial charge in [-0.1, -0.05) is 30.3 Å². The summed E-state index contributed by atoms with van der Waals surface area (Å²) in [5.41, 5.74) is 0.333. The third-order valence-electron chi connectivity index (χ3n) is 4.10. The second-order valence-electron chi connectivity index (χ2n) is 7.48. The van der Waals surface area contributed by atoms with E-state index in [1.807, 2.05) is 51.1 Å². The number of nitrogens with zero attached hydrogens (tertiary/aromatic N) is 1. The molecule has 0 spiro atoms. The summed E-state index contributed by atoms with van der Waals surface area (Å²) in [6, 6.07) is 9.36. The molecule has 0 atom stereocenters. The Hall–Kier alpha value is -1.86. The highest BCUT2D eigenvalue weighted by Gasteiger charge is 2.27. The van der Waals surface area contributed by atoms with Gasteiger partial charge in [0, 0.05) is 25.0 Å². The molecule has 1 aliphatic heterocycles. The molecule has 0 saturated carbocycles. The molecule has 2 rings (SSSR count). The van der Waals surface area contributed by atoms with Crippen LogP contribution in [0.1, 0.15) is 39.2 Å². The molecule has 1 aromatic rings. The number of carbonyl (C=O) groups is 1. The van der Waals surface area contributed by atoms with Gasteiger partial charge in [-0.05, 0) is 51.2 Å². The van der Waals surface area contributed by atoms with Crippen molar-refractivity contribution in [3.8, 4) is 0 Å². The Kier molecular flexibility index (Phi) is 6.83. The van der Waals surface area contributed by atoms with Gasteiger partial charge in [0.2, 0.25) is 10.0 Å². The molecular weight excluding hydrogens is 352 g/mol. The molecule has 0 aliphatic carbocycles. The lowest BCUT2D eigenvalue weighted by Crippen LogP contribution is -2.41. The van der Waals surface area contributed by atoms with Crippen LogP contribution in [-0.2, 0) is 14.8 Å². The van der Waals surface area contributed by atoms with Crippen molar-refractivity contribution in [3.63, 3.8) is 0 Å². The molecule has 0 unspecified atom stereocenters. The molecule has 7 heteroatoms. The van der Waals surface area contributed by atoms with E-state index in [9.17, 15) is 13.2 Å². The topological polar surface area (TPSA) is 75.7 Å². The maximum absolute atomic E-state index is 12.4. The van der Waals surface area contributed by atoms with Crippen molar-refractivity contribution < 1.29 is 17.9 Å². The van der Waals surface area contributed by atoms with Gasteiger partial charge in [0.25, 0.3) is 0 Å². The Morgan fingerprint density at radius 3 is 2.42 bits per heavy atom. The largest absolute Gasteiger partial charge is 0.444 e. The van der Waals surface area contributed by atoms with Crippen LogP contribution in [0.4, 0.5) is 4.79 Å². The van der Waals surface area contributed by atoms with Gasteiger partial charge < -0.3 is 10.1 Å². The van der Waals surface area contributed by atoms with Crippen LogP contribution >= 0.6 is 0 Å². The monoisotopic (exact) mass is 380 g/mol. The standard InChI is InChI=1S/C19H28N2O4S/c1-19(2,3)25-18(22)20-15-17-9-12-21(13-10-17)26(23,24)14-11-16-7-5-4-6-8-16/h4-8,11,14,17H,9-10,12-13,15H2,1-3H3,(H,20,22)/b14-11+. The number of piperidine rings is 1. The first kappa shape index (κ1) is 20.5. The fourth-order valence-corrected chi connectivity index (χ4v) is 3.95. The minimum atomic E-state index is -3.42. The molecule has 0 bridgehead atoms. The SMILES string of the molecule is CC(C)(C)OC(=O)NCC1CCN(S(=O)(=O)/C=C/c2ccccc2)CC1. The normalized spacial score (nSPS) is 17.3. The lowest BCUT2D eigenvalue weighted by Gasteiger charge is -2.30. The first-order chi connectivity index (χ1) is 12.2. The highest BCUT2D eigenvalue weighted by atomic mass is 32.2. The maximum atomic E-state index is 12.4. The van der Waals surface area contributed by atoms with Crippen LogP contribution in [0, 0.1) is 5.92 Å². The number of hydrogen-bond donors (Lipinski definition) is 1. The lowest BCUT2D eigenvalue weighted by molar-refractivity contribution is 0.0513. The van der Waals surface area contributed by atoms with E-state index < -0.39 is 21.7 Å². The van der Waals surface area contributed by atoms with E-state index in [0.717, 1.165) is 5.56 Å². The summed E-state index contributed by atoms with van der Waals surface area (Å²) in [5, 5.41) is 4.03. The van der Waals surface area contributed by atoms with Crippen LogP contribution in [0.15, 0.2) is 35.7 Å². The van der Waals surface area contributed by atoms with Gasteiger partial charge in [-0.15, -0.1) is 0 Å². The van der Waals surface area contributed by atoms with Crippen LogP contribution < -0.4 is 5.32 Å². The van der Waals surface area contributed by atoms with Gasteiger partial charge in [-0.2, -0.15) is 4.31 Å². The molecule has 0 aromatic heterocycles. The smallest absolute Gasteiger partial charge is 0.407 e. The first-order valence-electron chi connectivity index (χ1n) is 8.86. The summed E-state index contributed by atoms with van der Waals surface area (Å²) in [7, 11) is -3.42. The molecule has 1 fully saturated rings. The summed E-state index contributed by atoms with van der Waals surface area (Å²) in [5.74, 6) is 0.257. The van der Waals surface area contributed by atoms with E-state index in [1.165, 1.54) is 9.71 Å².